The summed E-state index contributed by atoms with van der Waals surface area (Å²) < 4.78 is 5.46. The topological polar surface area (TPSA) is 68.5 Å². The minimum atomic E-state index is 0.0371. The summed E-state index contributed by atoms with van der Waals surface area (Å²) in [5.41, 5.74) is 7.72. The molecular weight excluding hydrogens is 334 g/mol. The Hall–Kier alpha value is -1.92. The van der Waals surface area contributed by atoms with Gasteiger partial charge in [0.05, 0.1) is 6.61 Å². The molecule has 2 heterocycles. The lowest BCUT2D eigenvalue weighted by molar-refractivity contribution is 0.0774. The van der Waals surface area contributed by atoms with Gasteiger partial charge in [0.15, 0.2) is 0 Å². The first-order chi connectivity index (χ1) is 12.2. The van der Waals surface area contributed by atoms with Crippen molar-refractivity contribution in [1.29, 1.82) is 0 Å². The van der Waals surface area contributed by atoms with Crippen LogP contribution in [-0.4, -0.2) is 41.5 Å². The third-order valence-electron chi connectivity index (χ3n) is 5.34. The molecule has 3 atom stereocenters. The van der Waals surface area contributed by atoms with Gasteiger partial charge in [-0.1, -0.05) is 0 Å². The third-order valence-corrected chi connectivity index (χ3v) is 6.23. The molecule has 1 saturated carbocycles. The summed E-state index contributed by atoms with van der Waals surface area (Å²) in [4.78, 5) is 19.3. The molecule has 6 heteroatoms. The van der Waals surface area contributed by atoms with Crippen LogP contribution in [0.15, 0.2) is 29.6 Å². The number of amides is 1. The summed E-state index contributed by atoms with van der Waals surface area (Å²) in [6.07, 6.45) is 2.24. The lowest BCUT2D eigenvalue weighted by Crippen LogP contribution is -2.33. The molecule has 1 aliphatic heterocycles. The van der Waals surface area contributed by atoms with Crippen molar-refractivity contribution in [2.24, 2.45) is 17.6 Å². The molecule has 2 aliphatic rings. The molecule has 1 saturated heterocycles. The molecule has 132 valence electrons. The van der Waals surface area contributed by atoms with Crippen LogP contribution in [0, 0.1) is 11.8 Å². The second-order valence-corrected chi connectivity index (χ2v) is 7.73. The minimum Gasteiger partial charge on any atom is -0.494 e. The van der Waals surface area contributed by atoms with Gasteiger partial charge in [0.25, 0.3) is 5.91 Å². The third kappa shape index (κ3) is 3.16. The highest BCUT2D eigenvalue weighted by molar-refractivity contribution is 7.13. The lowest BCUT2D eigenvalue weighted by atomic mass is 9.98. The SMILES string of the molecule is CCOc1ccc(-c2nc(C(=O)N3CC4CCC(N)C4C3)cs2)cc1. The van der Waals surface area contributed by atoms with Gasteiger partial charge in [-0.2, -0.15) is 0 Å². The summed E-state index contributed by atoms with van der Waals surface area (Å²) in [6, 6.07) is 8.09. The first-order valence-corrected chi connectivity index (χ1v) is 9.77. The van der Waals surface area contributed by atoms with Crippen LogP contribution in [0.1, 0.15) is 30.3 Å². The lowest BCUT2D eigenvalue weighted by Gasteiger charge is -2.17. The van der Waals surface area contributed by atoms with Crippen LogP contribution in [0.25, 0.3) is 10.6 Å². The average Bonchev–Trinajstić information content (AvgIpc) is 3.33. The number of fused-ring (bicyclic) bond motifs is 1. The van der Waals surface area contributed by atoms with Gasteiger partial charge in [-0.25, -0.2) is 4.98 Å². The minimum absolute atomic E-state index is 0.0371. The number of thiazole rings is 1. The second kappa shape index (κ2) is 6.77. The van der Waals surface area contributed by atoms with Gasteiger partial charge < -0.3 is 15.4 Å². The maximum atomic E-state index is 12.8. The van der Waals surface area contributed by atoms with E-state index in [1.54, 1.807) is 0 Å². The molecule has 2 N–H and O–H groups in total. The van der Waals surface area contributed by atoms with Crippen molar-refractivity contribution in [1.82, 2.24) is 9.88 Å². The number of hydrogen-bond donors (Lipinski definition) is 1. The molecule has 1 aromatic heterocycles. The fourth-order valence-electron chi connectivity index (χ4n) is 4.00. The Labute approximate surface area is 151 Å². The summed E-state index contributed by atoms with van der Waals surface area (Å²) >= 11 is 1.51. The molecule has 25 heavy (non-hydrogen) atoms. The second-order valence-electron chi connectivity index (χ2n) is 6.87. The fourth-order valence-corrected chi connectivity index (χ4v) is 4.80. The Morgan fingerprint density at radius 1 is 1.32 bits per heavy atom. The van der Waals surface area contributed by atoms with Crippen molar-refractivity contribution >= 4 is 17.2 Å². The predicted octanol–water partition coefficient (Wildman–Crippen LogP) is 3.02. The fraction of sp³-hybridized carbons (Fsp3) is 0.474. The number of rotatable bonds is 4. The Bertz CT molecular complexity index is 758. The van der Waals surface area contributed by atoms with Gasteiger partial charge in [-0.3, -0.25) is 4.79 Å². The standard InChI is InChI=1S/C19H23N3O2S/c1-2-24-14-6-3-12(4-7-14)18-21-17(11-25-18)19(23)22-9-13-5-8-16(20)15(13)10-22/h3-4,6-7,11,13,15-16H,2,5,8-10,20H2,1H3. The summed E-state index contributed by atoms with van der Waals surface area (Å²) in [6.45, 7) is 4.22. The van der Waals surface area contributed by atoms with Crippen LogP contribution >= 0.6 is 11.3 Å². The predicted molar refractivity (Wildman–Crippen MR) is 98.8 cm³/mol. The van der Waals surface area contributed by atoms with E-state index in [2.05, 4.69) is 4.98 Å². The zero-order valence-corrected chi connectivity index (χ0v) is 15.2. The molecule has 1 aromatic carbocycles. The zero-order valence-electron chi connectivity index (χ0n) is 14.4. The summed E-state index contributed by atoms with van der Waals surface area (Å²) in [5.74, 6) is 1.92. The van der Waals surface area contributed by atoms with Gasteiger partial charge >= 0.3 is 0 Å². The van der Waals surface area contributed by atoms with Crippen LogP contribution in [-0.2, 0) is 0 Å². The quantitative estimate of drug-likeness (QED) is 0.913. The van der Waals surface area contributed by atoms with Crippen molar-refractivity contribution < 1.29 is 9.53 Å². The Morgan fingerprint density at radius 3 is 2.84 bits per heavy atom. The molecule has 0 radical (unpaired) electrons. The van der Waals surface area contributed by atoms with Crippen LogP contribution in [0.4, 0.5) is 0 Å². The van der Waals surface area contributed by atoms with Crippen molar-refractivity contribution in [3.63, 3.8) is 0 Å². The van der Waals surface area contributed by atoms with Crippen LogP contribution in [0.5, 0.6) is 5.75 Å². The Morgan fingerprint density at radius 2 is 2.12 bits per heavy atom. The van der Waals surface area contributed by atoms with Crippen LogP contribution in [0.3, 0.4) is 0 Å². The average molecular weight is 357 g/mol. The van der Waals surface area contributed by atoms with E-state index in [1.807, 2.05) is 41.5 Å². The number of carbonyl (C=O) groups excluding carboxylic acids is 1. The van der Waals surface area contributed by atoms with Gasteiger partial charge in [0, 0.05) is 30.1 Å². The maximum Gasteiger partial charge on any atom is 0.273 e. The van der Waals surface area contributed by atoms with Gasteiger partial charge in [0.1, 0.15) is 16.5 Å². The molecule has 5 nitrogen and oxygen atoms in total. The molecule has 1 amide bonds. The number of nitrogens with two attached hydrogens (primary N) is 1. The zero-order chi connectivity index (χ0) is 17.4. The van der Waals surface area contributed by atoms with E-state index >= 15 is 0 Å². The van der Waals surface area contributed by atoms with Crippen molar-refractivity contribution in [2.75, 3.05) is 19.7 Å². The first kappa shape index (κ1) is 16.5. The van der Waals surface area contributed by atoms with Crippen molar-refractivity contribution in [3.05, 3.63) is 35.3 Å². The summed E-state index contributed by atoms with van der Waals surface area (Å²) in [7, 11) is 0. The molecule has 2 fully saturated rings. The monoisotopic (exact) mass is 357 g/mol. The van der Waals surface area contributed by atoms with Crippen molar-refractivity contribution in [3.8, 4) is 16.3 Å². The highest BCUT2D eigenvalue weighted by Gasteiger charge is 2.42. The number of hydrogen-bond acceptors (Lipinski definition) is 5. The Balaban J connectivity index is 1.46. The maximum absolute atomic E-state index is 12.8. The molecule has 0 bridgehead atoms. The van der Waals surface area contributed by atoms with Crippen LogP contribution < -0.4 is 10.5 Å². The highest BCUT2D eigenvalue weighted by atomic mass is 32.1. The smallest absolute Gasteiger partial charge is 0.273 e. The van der Waals surface area contributed by atoms with E-state index in [0.29, 0.717) is 24.1 Å². The number of carbonyl (C=O) groups is 1. The number of ether oxygens (including phenoxy) is 1. The van der Waals surface area contributed by atoms with Crippen LogP contribution in [0.2, 0.25) is 0 Å². The molecular formula is C19H23N3O2S. The number of benzene rings is 1. The van der Waals surface area contributed by atoms with Crippen molar-refractivity contribution in [2.45, 2.75) is 25.8 Å². The van der Waals surface area contributed by atoms with Gasteiger partial charge in [-0.15, -0.1) is 11.3 Å². The molecule has 4 rings (SSSR count). The van der Waals surface area contributed by atoms with E-state index in [4.69, 9.17) is 10.5 Å². The highest BCUT2D eigenvalue weighted by Crippen LogP contribution is 2.37. The molecule has 1 aliphatic carbocycles. The normalized spacial score (nSPS) is 25.2. The van der Waals surface area contributed by atoms with E-state index < -0.39 is 0 Å². The number of likely N-dealkylation sites (tertiary alicyclic amines) is 1. The number of aromatic nitrogens is 1. The largest absolute Gasteiger partial charge is 0.494 e. The van der Waals surface area contributed by atoms with E-state index in [1.165, 1.54) is 11.3 Å². The van der Waals surface area contributed by atoms with E-state index in [-0.39, 0.29) is 11.9 Å². The molecule has 2 aromatic rings. The molecule has 3 unspecified atom stereocenters. The Kier molecular flexibility index (Phi) is 4.48. The first-order valence-electron chi connectivity index (χ1n) is 8.89. The number of nitrogens with zero attached hydrogens (tertiary/aromatic N) is 2. The van der Waals surface area contributed by atoms with E-state index in [9.17, 15) is 4.79 Å². The van der Waals surface area contributed by atoms with E-state index in [0.717, 1.165) is 42.3 Å². The van der Waals surface area contributed by atoms with Gasteiger partial charge in [-0.05, 0) is 55.9 Å². The molecule has 0 spiro atoms. The van der Waals surface area contributed by atoms with Gasteiger partial charge in [0.2, 0.25) is 0 Å². The summed E-state index contributed by atoms with van der Waals surface area (Å²) in [5, 5.41) is 2.73.